The van der Waals surface area contributed by atoms with Crippen LogP contribution in [0.3, 0.4) is 0 Å². The van der Waals surface area contributed by atoms with Gasteiger partial charge in [0.1, 0.15) is 0 Å². The largest absolute Gasteiger partial charge is 0.396 e. The van der Waals surface area contributed by atoms with Crippen molar-refractivity contribution in [2.24, 2.45) is 5.92 Å². The van der Waals surface area contributed by atoms with Crippen LogP contribution >= 0.6 is 0 Å². The van der Waals surface area contributed by atoms with Crippen LogP contribution in [0.15, 0.2) is 0 Å². The summed E-state index contributed by atoms with van der Waals surface area (Å²) in [5.74, 6) is 0.289. The van der Waals surface area contributed by atoms with E-state index in [4.69, 9.17) is 9.84 Å². The van der Waals surface area contributed by atoms with Crippen molar-refractivity contribution in [3.63, 3.8) is 0 Å². The first-order chi connectivity index (χ1) is 7.10. The Morgan fingerprint density at radius 1 is 1.47 bits per heavy atom. The molecule has 0 aliphatic carbocycles. The lowest BCUT2D eigenvalue weighted by molar-refractivity contribution is -0.151. The molecule has 0 unspecified atom stereocenters. The fraction of sp³-hybridized carbons (Fsp3) is 1.00. The minimum Gasteiger partial charge on any atom is -0.396 e. The van der Waals surface area contributed by atoms with Gasteiger partial charge in [-0.05, 0) is 25.8 Å². The molecule has 15 heavy (non-hydrogen) atoms. The zero-order chi connectivity index (χ0) is 11.4. The molecule has 4 atom stereocenters. The van der Waals surface area contributed by atoms with Gasteiger partial charge in [0.15, 0.2) is 0 Å². The highest BCUT2D eigenvalue weighted by atomic mass is 16.5. The monoisotopic (exact) mass is 217 g/mol. The van der Waals surface area contributed by atoms with Gasteiger partial charge < -0.3 is 20.3 Å². The van der Waals surface area contributed by atoms with E-state index in [0.29, 0.717) is 6.42 Å². The van der Waals surface area contributed by atoms with Crippen LogP contribution in [0.2, 0.25) is 0 Å². The van der Waals surface area contributed by atoms with Gasteiger partial charge in [-0.2, -0.15) is 0 Å². The van der Waals surface area contributed by atoms with Crippen LogP contribution in [-0.4, -0.2) is 48.2 Å². The standard InChI is InChI=1S/C11H23NO3/c1-7(2)11-10(14)9(12-3)6-8(15-11)4-5-13/h7-14H,4-6H2,1-3H3/t8-,9+,10-,11+/m1/s1. The highest BCUT2D eigenvalue weighted by molar-refractivity contribution is 4.90. The summed E-state index contributed by atoms with van der Waals surface area (Å²) < 4.78 is 5.78. The molecule has 0 saturated carbocycles. The van der Waals surface area contributed by atoms with Crippen molar-refractivity contribution >= 4 is 0 Å². The van der Waals surface area contributed by atoms with Crippen LogP contribution in [0.5, 0.6) is 0 Å². The molecular formula is C11H23NO3. The summed E-state index contributed by atoms with van der Waals surface area (Å²) in [6.07, 6.45) is 0.885. The number of hydrogen-bond donors (Lipinski definition) is 3. The lowest BCUT2D eigenvalue weighted by Gasteiger charge is -2.41. The number of nitrogens with one attached hydrogen (secondary N) is 1. The van der Waals surface area contributed by atoms with E-state index in [1.54, 1.807) is 0 Å². The zero-order valence-corrected chi connectivity index (χ0v) is 9.81. The number of hydrogen-bond acceptors (Lipinski definition) is 4. The molecule has 4 nitrogen and oxygen atoms in total. The molecule has 0 spiro atoms. The van der Waals surface area contributed by atoms with E-state index in [0.717, 1.165) is 6.42 Å². The van der Waals surface area contributed by atoms with E-state index >= 15 is 0 Å². The van der Waals surface area contributed by atoms with Gasteiger partial charge in [0.2, 0.25) is 0 Å². The molecule has 1 aliphatic rings. The molecule has 3 N–H and O–H groups in total. The first kappa shape index (κ1) is 12.9. The fourth-order valence-corrected chi connectivity index (χ4v) is 2.18. The lowest BCUT2D eigenvalue weighted by Crippen LogP contribution is -2.55. The molecule has 0 bridgehead atoms. The maximum absolute atomic E-state index is 10.0. The van der Waals surface area contributed by atoms with Crippen LogP contribution in [0.1, 0.15) is 26.7 Å². The SMILES string of the molecule is CN[C@H]1C[C@@H](CCO)O[C@@H](C(C)C)[C@@H]1O. The Kier molecular flexibility index (Phi) is 4.99. The Bertz CT molecular complexity index is 187. The maximum atomic E-state index is 10.0. The van der Waals surface area contributed by atoms with Gasteiger partial charge in [-0.1, -0.05) is 13.8 Å². The van der Waals surface area contributed by atoms with Gasteiger partial charge in [-0.15, -0.1) is 0 Å². The second kappa shape index (κ2) is 5.80. The van der Waals surface area contributed by atoms with E-state index in [1.165, 1.54) is 0 Å². The Morgan fingerprint density at radius 3 is 2.60 bits per heavy atom. The lowest BCUT2D eigenvalue weighted by atomic mass is 9.89. The molecule has 1 rings (SSSR count). The molecule has 1 aliphatic heterocycles. The third kappa shape index (κ3) is 3.14. The van der Waals surface area contributed by atoms with Gasteiger partial charge in [0.25, 0.3) is 0 Å². The summed E-state index contributed by atoms with van der Waals surface area (Å²) in [6.45, 7) is 4.23. The summed E-state index contributed by atoms with van der Waals surface area (Å²) in [7, 11) is 1.85. The number of aliphatic hydroxyl groups is 2. The minimum atomic E-state index is -0.454. The smallest absolute Gasteiger partial charge is 0.0957 e. The molecule has 0 amide bonds. The number of rotatable bonds is 4. The summed E-state index contributed by atoms with van der Waals surface area (Å²) in [4.78, 5) is 0. The quantitative estimate of drug-likeness (QED) is 0.626. The summed E-state index contributed by atoms with van der Waals surface area (Å²) >= 11 is 0. The van der Waals surface area contributed by atoms with Crippen molar-refractivity contribution in [1.29, 1.82) is 0 Å². The highest BCUT2D eigenvalue weighted by Crippen LogP contribution is 2.26. The van der Waals surface area contributed by atoms with E-state index in [2.05, 4.69) is 5.32 Å². The summed E-state index contributed by atoms with van der Waals surface area (Å²) in [5, 5.41) is 22.1. The highest BCUT2D eigenvalue weighted by Gasteiger charge is 2.37. The van der Waals surface area contributed by atoms with Gasteiger partial charge in [0.05, 0.1) is 18.3 Å². The molecule has 0 aromatic carbocycles. The second-order valence-corrected chi connectivity index (χ2v) is 4.60. The Morgan fingerprint density at radius 2 is 2.13 bits per heavy atom. The molecule has 4 heteroatoms. The molecule has 0 radical (unpaired) electrons. The Hall–Kier alpha value is -0.160. The normalized spacial score (nSPS) is 37.2. The molecule has 1 saturated heterocycles. The van der Waals surface area contributed by atoms with E-state index in [9.17, 15) is 5.11 Å². The Balaban J connectivity index is 2.63. The van der Waals surface area contributed by atoms with Crippen molar-refractivity contribution in [3.05, 3.63) is 0 Å². The van der Waals surface area contributed by atoms with E-state index < -0.39 is 6.10 Å². The van der Waals surface area contributed by atoms with Crippen molar-refractivity contribution in [2.45, 2.75) is 51.0 Å². The van der Waals surface area contributed by atoms with Crippen LogP contribution in [0.25, 0.3) is 0 Å². The first-order valence-corrected chi connectivity index (χ1v) is 5.71. The average molecular weight is 217 g/mol. The van der Waals surface area contributed by atoms with E-state index in [1.807, 2.05) is 20.9 Å². The van der Waals surface area contributed by atoms with Gasteiger partial charge >= 0.3 is 0 Å². The summed E-state index contributed by atoms with van der Waals surface area (Å²) in [5.41, 5.74) is 0. The van der Waals surface area contributed by atoms with Crippen molar-refractivity contribution in [1.82, 2.24) is 5.32 Å². The fourth-order valence-electron chi connectivity index (χ4n) is 2.18. The maximum Gasteiger partial charge on any atom is 0.0957 e. The topological polar surface area (TPSA) is 61.7 Å². The molecule has 1 heterocycles. The van der Waals surface area contributed by atoms with Crippen molar-refractivity contribution in [3.8, 4) is 0 Å². The van der Waals surface area contributed by atoms with Crippen molar-refractivity contribution in [2.75, 3.05) is 13.7 Å². The molecular weight excluding hydrogens is 194 g/mol. The zero-order valence-electron chi connectivity index (χ0n) is 9.81. The molecule has 0 aromatic heterocycles. The molecule has 90 valence electrons. The predicted molar refractivity (Wildman–Crippen MR) is 58.7 cm³/mol. The van der Waals surface area contributed by atoms with Gasteiger partial charge in [0, 0.05) is 12.6 Å². The van der Waals surface area contributed by atoms with E-state index in [-0.39, 0.29) is 30.8 Å². The van der Waals surface area contributed by atoms with Crippen LogP contribution in [0.4, 0.5) is 0 Å². The molecule has 1 fully saturated rings. The third-order valence-electron chi connectivity index (χ3n) is 3.09. The van der Waals surface area contributed by atoms with Crippen molar-refractivity contribution < 1.29 is 14.9 Å². The van der Waals surface area contributed by atoms with Crippen LogP contribution in [-0.2, 0) is 4.74 Å². The van der Waals surface area contributed by atoms with Crippen LogP contribution < -0.4 is 5.32 Å². The van der Waals surface area contributed by atoms with Crippen LogP contribution in [0, 0.1) is 5.92 Å². The number of likely N-dealkylation sites (N-methyl/N-ethyl adjacent to an activating group) is 1. The second-order valence-electron chi connectivity index (χ2n) is 4.60. The Labute approximate surface area is 91.6 Å². The van der Waals surface area contributed by atoms with Gasteiger partial charge in [-0.25, -0.2) is 0 Å². The first-order valence-electron chi connectivity index (χ1n) is 5.71. The van der Waals surface area contributed by atoms with Gasteiger partial charge in [-0.3, -0.25) is 0 Å². The predicted octanol–water partition coefficient (Wildman–Crippen LogP) is 0.131. The number of aliphatic hydroxyl groups excluding tert-OH is 2. The summed E-state index contributed by atoms with van der Waals surface area (Å²) in [6, 6.07) is 0.0719. The molecule has 0 aromatic rings. The number of ether oxygens (including phenoxy) is 1. The average Bonchev–Trinajstić information content (AvgIpc) is 2.20. The third-order valence-corrected chi connectivity index (χ3v) is 3.09. The minimum absolute atomic E-state index is 0.0586.